The molecule has 0 radical (unpaired) electrons. The molecule has 0 N–H and O–H groups in total. The Labute approximate surface area is 125 Å². The lowest BCUT2D eigenvalue weighted by molar-refractivity contribution is 0.215. The molecule has 0 saturated carbocycles. The first-order valence-electron chi connectivity index (χ1n) is 6.86. The first-order chi connectivity index (χ1) is 9.41. The molecule has 0 saturated heterocycles. The van der Waals surface area contributed by atoms with Gasteiger partial charge in [0.1, 0.15) is 12.4 Å². The van der Waals surface area contributed by atoms with Gasteiger partial charge in [0, 0.05) is 6.54 Å². The second kappa shape index (κ2) is 5.87. The van der Waals surface area contributed by atoms with Crippen molar-refractivity contribution in [1.29, 1.82) is 0 Å². The molecule has 0 amide bonds. The highest BCUT2D eigenvalue weighted by Gasteiger charge is 2.25. The summed E-state index contributed by atoms with van der Waals surface area (Å²) in [5, 5.41) is 8.60. The van der Waals surface area contributed by atoms with Crippen LogP contribution in [0.1, 0.15) is 33.3 Å². The maximum Gasteiger partial charge on any atom is 0.217 e. The SMILES string of the molecule is CCN1C(=S)N=NC1COc1ccc(C(C)(C)C)cc1. The molecule has 108 valence electrons. The molecule has 1 unspecified atom stereocenters. The molecule has 2 rings (SSSR count). The van der Waals surface area contributed by atoms with Crippen molar-refractivity contribution in [3.63, 3.8) is 0 Å². The highest BCUT2D eigenvalue weighted by molar-refractivity contribution is 7.80. The third-order valence-corrected chi connectivity index (χ3v) is 3.66. The van der Waals surface area contributed by atoms with Crippen LogP contribution in [0.15, 0.2) is 34.5 Å². The fourth-order valence-corrected chi connectivity index (χ4v) is 2.35. The van der Waals surface area contributed by atoms with Crippen LogP contribution in [0.25, 0.3) is 0 Å². The van der Waals surface area contributed by atoms with E-state index in [0.29, 0.717) is 11.7 Å². The van der Waals surface area contributed by atoms with Crippen LogP contribution in [-0.2, 0) is 5.41 Å². The number of likely N-dealkylation sites (N-methyl/N-ethyl adjacent to an activating group) is 1. The largest absolute Gasteiger partial charge is 0.489 e. The number of azo groups is 1. The minimum absolute atomic E-state index is 0.102. The molecule has 0 bridgehead atoms. The van der Waals surface area contributed by atoms with Crippen LogP contribution in [-0.4, -0.2) is 29.3 Å². The molecule has 4 nitrogen and oxygen atoms in total. The lowest BCUT2D eigenvalue weighted by atomic mass is 9.87. The summed E-state index contributed by atoms with van der Waals surface area (Å²) in [6, 6.07) is 8.21. The van der Waals surface area contributed by atoms with Gasteiger partial charge in [-0.15, -0.1) is 5.11 Å². The van der Waals surface area contributed by atoms with Crippen molar-refractivity contribution in [3.8, 4) is 5.75 Å². The molecule has 1 aliphatic rings. The topological polar surface area (TPSA) is 37.2 Å². The molecule has 0 aliphatic carbocycles. The Morgan fingerprint density at radius 2 is 1.90 bits per heavy atom. The Morgan fingerprint density at radius 1 is 1.25 bits per heavy atom. The minimum Gasteiger partial charge on any atom is -0.489 e. The van der Waals surface area contributed by atoms with Gasteiger partial charge in [0.25, 0.3) is 0 Å². The average Bonchev–Trinajstić information content (AvgIpc) is 2.76. The zero-order valence-electron chi connectivity index (χ0n) is 12.5. The number of thiocarbonyl (C=S) groups is 1. The Bertz CT molecular complexity index is 505. The van der Waals surface area contributed by atoms with E-state index in [-0.39, 0.29) is 11.6 Å². The highest BCUT2D eigenvalue weighted by Crippen LogP contribution is 2.24. The van der Waals surface area contributed by atoms with Gasteiger partial charge in [0.15, 0.2) is 6.17 Å². The monoisotopic (exact) mass is 291 g/mol. The van der Waals surface area contributed by atoms with Crippen LogP contribution in [0.5, 0.6) is 5.75 Å². The van der Waals surface area contributed by atoms with E-state index in [1.54, 1.807) is 0 Å². The second-order valence-electron chi connectivity index (χ2n) is 5.85. The molecular formula is C15H21N3OS. The standard InChI is InChI=1S/C15H21N3OS/c1-5-18-13(16-17-14(18)20)10-19-12-8-6-11(7-9-12)15(2,3)4/h6-9,13H,5,10H2,1-4H3. The van der Waals surface area contributed by atoms with Crippen LogP contribution >= 0.6 is 12.2 Å². The Morgan fingerprint density at radius 3 is 2.45 bits per heavy atom. The van der Waals surface area contributed by atoms with Crippen molar-refractivity contribution in [3.05, 3.63) is 29.8 Å². The number of ether oxygens (including phenoxy) is 1. The summed E-state index contributed by atoms with van der Waals surface area (Å²) in [4.78, 5) is 1.96. The van der Waals surface area contributed by atoms with Crippen molar-refractivity contribution < 1.29 is 4.74 Å². The molecule has 1 aromatic rings. The Kier molecular flexibility index (Phi) is 4.38. The summed E-state index contributed by atoms with van der Waals surface area (Å²) < 4.78 is 5.78. The molecule has 0 fully saturated rings. The van der Waals surface area contributed by atoms with Crippen molar-refractivity contribution in [2.75, 3.05) is 13.2 Å². The molecule has 20 heavy (non-hydrogen) atoms. The van der Waals surface area contributed by atoms with Crippen LogP contribution in [0.4, 0.5) is 0 Å². The van der Waals surface area contributed by atoms with E-state index in [4.69, 9.17) is 17.0 Å². The van der Waals surface area contributed by atoms with E-state index in [9.17, 15) is 0 Å². The summed E-state index contributed by atoms with van der Waals surface area (Å²) in [6.07, 6.45) is -0.102. The molecular weight excluding hydrogens is 270 g/mol. The first kappa shape index (κ1) is 14.9. The molecule has 1 aromatic carbocycles. The fourth-order valence-electron chi connectivity index (χ4n) is 2.05. The number of rotatable bonds is 4. The lowest BCUT2D eigenvalue weighted by Gasteiger charge is -2.22. The number of benzene rings is 1. The molecule has 5 heteroatoms. The van der Waals surface area contributed by atoms with E-state index in [2.05, 4.69) is 43.1 Å². The Balaban J connectivity index is 1.95. The molecule has 0 aromatic heterocycles. The maximum atomic E-state index is 5.78. The van der Waals surface area contributed by atoms with E-state index >= 15 is 0 Å². The van der Waals surface area contributed by atoms with E-state index < -0.39 is 0 Å². The van der Waals surface area contributed by atoms with Gasteiger partial charge in [-0.25, -0.2) is 0 Å². The third-order valence-electron chi connectivity index (χ3n) is 3.34. The summed E-state index contributed by atoms with van der Waals surface area (Å²) in [6.45, 7) is 9.88. The van der Waals surface area contributed by atoms with Gasteiger partial charge >= 0.3 is 0 Å². The third kappa shape index (κ3) is 3.33. The quantitative estimate of drug-likeness (QED) is 0.793. The summed E-state index contributed by atoms with van der Waals surface area (Å²) >= 11 is 5.12. The van der Waals surface area contributed by atoms with Gasteiger partial charge in [-0.3, -0.25) is 0 Å². The Hall–Kier alpha value is -1.49. The smallest absolute Gasteiger partial charge is 0.217 e. The zero-order valence-corrected chi connectivity index (χ0v) is 13.3. The first-order valence-corrected chi connectivity index (χ1v) is 7.27. The van der Waals surface area contributed by atoms with Gasteiger partial charge in [0.05, 0.1) is 0 Å². The second-order valence-corrected chi connectivity index (χ2v) is 6.22. The highest BCUT2D eigenvalue weighted by atomic mass is 32.1. The summed E-state index contributed by atoms with van der Waals surface area (Å²) in [7, 11) is 0. The molecule has 0 spiro atoms. The minimum atomic E-state index is -0.102. The van der Waals surface area contributed by atoms with Gasteiger partial charge in [0.2, 0.25) is 5.11 Å². The van der Waals surface area contributed by atoms with E-state index in [1.165, 1.54) is 5.56 Å². The number of nitrogens with zero attached hydrogens (tertiary/aromatic N) is 3. The van der Waals surface area contributed by atoms with Crippen LogP contribution in [0.3, 0.4) is 0 Å². The molecule has 1 atom stereocenters. The molecule has 1 heterocycles. The normalized spacial score (nSPS) is 18.7. The summed E-state index contributed by atoms with van der Waals surface area (Å²) in [5.74, 6) is 0.849. The van der Waals surface area contributed by atoms with Crippen molar-refractivity contribution in [2.45, 2.75) is 39.3 Å². The van der Waals surface area contributed by atoms with Gasteiger partial charge in [-0.2, -0.15) is 5.11 Å². The maximum absolute atomic E-state index is 5.78. The van der Waals surface area contributed by atoms with Gasteiger partial charge in [-0.05, 0) is 42.3 Å². The number of hydrogen-bond donors (Lipinski definition) is 0. The predicted octanol–water partition coefficient (Wildman–Crippen LogP) is 3.76. The summed E-state index contributed by atoms with van der Waals surface area (Å²) in [5.41, 5.74) is 1.45. The van der Waals surface area contributed by atoms with Crippen LogP contribution in [0, 0.1) is 0 Å². The average molecular weight is 291 g/mol. The van der Waals surface area contributed by atoms with Crippen molar-refractivity contribution in [2.24, 2.45) is 10.2 Å². The fraction of sp³-hybridized carbons (Fsp3) is 0.533. The number of hydrogen-bond acceptors (Lipinski definition) is 3. The van der Waals surface area contributed by atoms with Crippen molar-refractivity contribution in [1.82, 2.24) is 4.90 Å². The van der Waals surface area contributed by atoms with E-state index in [0.717, 1.165) is 12.3 Å². The van der Waals surface area contributed by atoms with Gasteiger partial charge in [-0.1, -0.05) is 32.9 Å². The van der Waals surface area contributed by atoms with Gasteiger partial charge < -0.3 is 9.64 Å². The van der Waals surface area contributed by atoms with Crippen LogP contribution < -0.4 is 4.74 Å². The molecule has 1 aliphatic heterocycles. The van der Waals surface area contributed by atoms with Crippen LogP contribution in [0.2, 0.25) is 0 Å². The predicted molar refractivity (Wildman–Crippen MR) is 84.3 cm³/mol. The van der Waals surface area contributed by atoms with Crippen molar-refractivity contribution >= 4 is 17.3 Å². The van der Waals surface area contributed by atoms with E-state index in [1.807, 2.05) is 24.0 Å². The zero-order chi connectivity index (χ0) is 14.8. The lowest BCUT2D eigenvalue weighted by Crippen LogP contribution is -2.36.